The molecule has 0 fully saturated rings. The number of halogens is 1. The number of aromatic nitrogens is 1. The molecule has 18 heavy (non-hydrogen) atoms. The van der Waals surface area contributed by atoms with E-state index in [1.807, 2.05) is 36.2 Å². The van der Waals surface area contributed by atoms with E-state index in [-0.39, 0.29) is 11.9 Å². The third-order valence-corrected chi connectivity index (χ3v) is 4.15. The smallest absolute Gasteiger partial charge is 0.137 e. The summed E-state index contributed by atoms with van der Waals surface area (Å²) >= 11 is 3.00. The van der Waals surface area contributed by atoms with Crippen molar-refractivity contribution in [2.24, 2.45) is 0 Å². The van der Waals surface area contributed by atoms with E-state index in [2.05, 4.69) is 10.3 Å². The van der Waals surface area contributed by atoms with Crippen LogP contribution in [0.5, 0.6) is 0 Å². The molecular weight excluding hydrogens is 267 g/mol. The lowest BCUT2D eigenvalue weighted by Crippen LogP contribution is -2.18. The minimum Gasteiger partial charge on any atom is -0.305 e. The lowest BCUT2D eigenvalue weighted by atomic mass is 10.1. The Bertz CT molecular complexity index is 500. The molecule has 0 aliphatic carbocycles. The molecule has 2 rings (SSSR count). The van der Waals surface area contributed by atoms with Gasteiger partial charge in [-0.2, -0.15) is 0 Å². The normalized spacial score (nSPS) is 12.6. The molecule has 1 aromatic carbocycles. The maximum absolute atomic E-state index is 13.7. The predicted molar refractivity (Wildman–Crippen MR) is 75.5 cm³/mol. The summed E-state index contributed by atoms with van der Waals surface area (Å²) in [5.41, 5.74) is 3.79. The number of thioether (sulfide) groups is 1. The van der Waals surface area contributed by atoms with E-state index in [0.717, 1.165) is 11.3 Å². The van der Waals surface area contributed by atoms with Gasteiger partial charge in [0.1, 0.15) is 5.82 Å². The topological polar surface area (TPSA) is 24.9 Å². The number of nitrogens with one attached hydrogen (secondary N) is 1. The summed E-state index contributed by atoms with van der Waals surface area (Å²) in [7, 11) is 0. The van der Waals surface area contributed by atoms with Crippen LogP contribution in [0.15, 0.2) is 34.0 Å². The third-order valence-electron chi connectivity index (χ3n) is 2.75. The van der Waals surface area contributed by atoms with Crippen molar-refractivity contribution in [3.05, 3.63) is 46.2 Å². The third kappa shape index (κ3) is 3.31. The Kier molecular flexibility index (Phi) is 4.74. The molecule has 0 spiro atoms. The second-order valence-corrected chi connectivity index (χ2v) is 5.54. The van der Waals surface area contributed by atoms with Crippen molar-refractivity contribution in [3.63, 3.8) is 0 Å². The van der Waals surface area contributed by atoms with Gasteiger partial charge in [0.2, 0.25) is 0 Å². The van der Waals surface area contributed by atoms with Gasteiger partial charge in [0, 0.05) is 22.9 Å². The fourth-order valence-corrected chi connectivity index (χ4v) is 2.67. The van der Waals surface area contributed by atoms with Gasteiger partial charge in [-0.15, -0.1) is 23.1 Å². The van der Waals surface area contributed by atoms with E-state index in [4.69, 9.17) is 0 Å². The van der Waals surface area contributed by atoms with E-state index >= 15 is 0 Å². The SMILES string of the molecule is CSc1ccc([C@H](C)NCc2cscn2)cc1F. The van der Waals surface area contributed by atoms with Gasteiger partial charge in [-0.1, -0.05) is 6.07 Å². The fraction of sp³-hybridized carbons (Fsp3) is 0.308. The van der Waals surface area contributed by atoms with Crippen LogP contribution in [0.2, 0.25) is 0 Å². The largest absolute Gasteiger partial charge is 0.305 e. The van der Waals surface area contributed by atoms with Gasteiger partial charge >= 0.3 is 0 Å². The Hall–Kier alpha value is -0.910. The monoisotopic (exact) mass is 282 g/mol. The van der Waals surface area contributed by atoms with Gasteiger partial charge in [-0.05, 0) is 30.9 Å². The summed E-state index contributed by atoms with van der Waals surface area (Å²) in [5, 5.41) is 5.35. The molecule has 2 nitrogen and oxygen atoms in total. The molecule has 0 radical (unpaired) electrons. The second kappa shape index (κ2) is 6.31. The van der Waals surface area contributed by atoms with Crippen molar-refractivity contribution in [2.75, 3.05) is 6.26 Å². The van der Waals surface area contributed by atoms with Crippen molar-refractivity contribution in [1.29, 1.82) is 0 Å². The lowest BCUT2D eigenvalue weighted by molar-refractivity contribution is 0.555. The van der Waals surface area contributed by atoms with Crippen LogP contribution in [0.1, 0.15) is 24.2 Å². The maximum Gasteiger partial charge on any atom is 0.137 e. The van der Waals surface area contributed by atoms with Crippen molar-refractivity contribution in [2.45, 2.75) is 24.4 Å². The highest BCUT2D eigenvalue weighted by atomic mass is 32.2. The zero-order valence-electron chi connectivity index (χ0n) is 10.3. The van der Waals surface area contributed by atoms with Crippen molar-refractivity contribution < 1.29 is 4.39 Å². The van der Waals surface area contributed by atoms with E-state index in [0.29, 0.717) is 11.4 Å². The van der Waals surface area contributed by atoms with Gasteiger partial charge in [0.15, 0.2) is 0 Å². The Morgan fingerprint density at radius 1 is 1.50 bits per heavy atom. The van der Waals surface area contributed by atoms with E-state index in [1.165, 1.54) is 11.8 Å². The average Bonchev–Trinajstić information content (AvgIpc) is 2.89. The Labute approximate surface area is 115 Å². The average molecular weight is 282 g/mol. The summed E-state index contributed by atoms with van der Waals surface area (Å²) in [5.74, 6) is -0.151. The fourth-order valence-electron chi connectivity index (χ4n) is 1.65. The van der Waals surface area contributed by atoms with Crippen LogP contribution in [0.25, 0.3) is 0 Å². The number of hydrogen-bond donors (Lipinski definition) is 1. The van der Waals surface area contributed by atoms with Crippen LogP contribution in [-0.4, -0.2) is 11.2 Å². The second-order valence-electron chi connectivity index (χ2n) is 3.98. The van der Waals surface area contributed by atoms with Gasteiger partial charge in [-0.25, -0.2) is 9.37 Å². The van der Waals surface area contributed by atoms with Crippen molar-refractivity contribution in [3.8, 4) is 0 Å². The van der Waals surface area contributed by atoms with E-state index in [9.17, 15) is 4.39 Å². The van der Waals surface area contributed by atoms with E-state index in [1.54, 1.807) is 17.4 Å². The molecule has 1 N–H and O–H groups in total. The number of rotatable bonds is 5. The Balaban J connectivity index is 2.00. The van der Waals surface area contributed by atoms with Crippen molar-refractivity contribution in [1.82, 2.24) is 10.3 Å². The summed E-state index contributed by atoms with van der Waals surface area (Å²) < 4.78 is 13.7. The molecule has 1 atom stereocenters. The highest BCUT2D eigenvalue weighted by Gasteiger charge is 2.09. The molecule has 1 heterocycles. The molecule has 5 heteroatoms. The minimum absolute atomic E-state index is 0.108. The van der Waals surface area contributed by atoms with Crippen LogP contribution in [-0.2, 0) is 6.54 Å². The zero-order valence-corrected chi connectivity index (χ0v) is 11.9. The number of hydrogen-bond acceptors (Lipinski definition) is 4. The summed E-state index contributed by atoms with van der Waals surface area (Å²) in [4.78, 5) is 4.89. The van der Waals surface area contributed by atoms with Crippen LogP contribution in [0.3, 0.4) is 0 Å². The molecule has 0 aliphatic rings. The summed E-state index contributed by atoms with van der Waals surface area (Å²) in [6.07, 6.45) is 1.88. The quantitative estimate of drug-likeness (QED) is 0.843. The Morgan fingerprint density at radius 3 is 2.94 bits per heavy atom. The predicted octanol–water partition coefficient (Wildman–Crippen LogP) is 3.85. The minimum atomic E-state index is -0.151. The first kappa shape index (κ1) is 13.5. The molecular formula is C13H15FN2S2. The first-order chi connectivity index (χ1) is 8.70. The summed E-state index contributed by atoms with van der Waals surface area (Å²) in [6, 6.07) is 5.51. The standard InChI is InChI=1S/C13H15FN2S2/c1-9(15-6-11-7-18-8-16-11)10-3-4-13(17-2)12(14)5-10/h3-5,7-9,15H,6H2,1-2H3/t9-/m0/s1. The molecule has 1 aromatic heterocycles. The number of nitrogens with zero attached hydrogens (tertiary/aromatic N) is 1. The van der Waals surface area contributed by atoms with Crippen LogP contribution in [0, 0.1) is 5.82 Å². The molecule has 0 saturated heterocycles. The molecule has 0 aliphatic heterocycles. The van der Waals surface area contributed by atoms with Gasteiger partial charge < -0.3 is 5.32 Å². The van der Waals surface area contributed by atoms with Gasteiger partial charge in [-0.3, -0.25) is 0 Å². The number of benzene rings is 1. The number of thiazole rings is 1. The molecule has 0 unspecified atom stereocenters. The molecule has 0 amide bonds. The summed E-state index contributed by atoms with van der Waals surface area (Å²) in [6.45, 7) is 2.73. The molecule has 0 saturated carbocycles. The maximum atomic E-state index is 13.7. The van der Waals surface area contributed by atoms with Gasteiger partial charge in [0.05, 0.1) is 11.2 Å². The molecule has 0 bridgehead atoms. The highest BCUT2D eigenvalue weighted by Crippen LogP contribution is 2.23. The zero-order chi connectivity index (χ0) is 13.0. The van der Waals surface area contributed by atoms with Gasteiger partial charge in [0.25, 0.3) is 0 Å². The first-order valence-electron chi connectivity index (χ1n) is 5.64. The van der Waals surface area contributed by atoms with Crippen LogP contribution in [0.4, 0.5) is 4.39 Å². The highest BCUT2D eigenvalue weighted by molar-refractivity contribution is 7.98. The first-order valence-corrected chi connectivity index (χ1v) is 7.81. The molecule has 2 aromatic rings. The lowest BCUT2D eigenvalue weighted by Gasteiger charge is -2.14. The Morgan fingerprint density at radius 2 is 2.33 bits per heavy atom. The van der Waals surface area contributed by atoms with Crippen LogP contribution >= 0.6 is 23.1 Å². The van der Waals surface area contributed by atoms with E-state index < -0.39 is 0 Å². The van der Waals surface area contributed by atoms with Crippen LogP contribution < -0.4 is 5.32 Å². The molecule has 96 valence electrons. The van der Waals surface area contributed by atoms with Crippen molar-refractivity contribution >= 4 is 23.1 Å².